The SMILES string of the molecule is CCCCCCC(=O)C(C)CCl. The fourth-order valence-corrected chi connectivity index (χ4v) is 1.23. The lowest BCUT2D eigenvalue weighted by molar-refractivity contribution is -0.121. The van der Waals surface area contributed by atoms with Crippen LogP contribution in [0.4, 0.5) is 0 Å². The summed E-state index contributed by atoms with van der Waals surface area (Å²) in [7, 11) is 0. The topological polar surface area (TPSA) is 17.1 Å². The lowest BCUT2D eigenvalue weighted by Crippen LogP contribution is -2.11. The van der Waals surface area contributed by atoms with E-state index < -0.39 is 0 Å². The van der Waals surface area contributed by atoms with Gasteiger partial charge in [0.2, 0.25) is 0 Å². The number of rotatable bonds is 7. The lowest BCUT2D eigenvalue weighted by atomic mass is 10.0. The van der Waals surface area contributed by atoms with Crippen molar-refractivity contribution in [2.45, 2.75) is 46.0 Å². The van der Waals surface area contributed by atoms with Gasteiger partial charge < -0.3 is 0 Å². The molecular weight excluding hydrogens is 172 g/mol. The highest BCUT2D eigenvalue weighted by Gasteiger charge is 2.09. The van der Waals surface area contributed by atoms with Gasteiger partial charge >= 0.3 is 0 Å². The van der Waals surface area contributed by atoms with Crippen molar-refractivity contribution in [2.24, 2.45) is 5.92 Å². The molecule has 0 aromatic carbocycles. The number of ketones is 1. The van der Waals surface area contributed by atoms with Crippen LogP contribution in [0.25, 0.3) is 0 Å². The molecule has 0 aliphatic heterocycles. The molecule has 72 valence electrons. The monoisotopic (exact) mass is 190 g/mol. The molecule has 1 atom stereocenters. The molecule has 2 heteroatoms. The van der Waals surface area contributed by atoms with Crippen LogP contribution in [-0.4, -0.2) is 11.7 Å². The molecule has 0 aromatic heterocycles. The van der Waals surface area contributed by atoms with Crippen LogP contribution in [0, 0.1) is 5.92 Å². The number of alkyl halides is 1. The molecule has 0 amide bonds. The van der Waals surface area contributed by atoms with Crippen LogP contribution >= 0.6 is 11.6 Å². The molecule has 0 bridgehead atoms. The van der Waals surface area contributed by atoms with Crippen LogP contribution in [-0.2, 0) is 4.79 Å². The first kappa shape index (κ1) is 12.0. The second-order valence-corrected chi connectivity index (χ2v) is 3.64. The van der Waals surface area contributed by atoms with Crippen LogP contribution in [0.3, 0.4) is 0 Å². The molecule has 0 rings (SSSR count). The van der Waals surface area contributed by atoms with Crippen molar-refractivity contribution in [3.05, 3.63) is 0 Å². The lowest BCUT2D eigenvalue weighted by Gasteiger charge is -2.05. The Morgan fingerprint density at radius 2 is 2.00 bits per heavy atom. The molecule has 0 N–H and O–H groups in total. The third-order valence-corrected chi connectivity index (χ3v) is 2.52. The molecule has 0 aromatic rings. The van der Waals surface area contributed by atoms with Crippen molar-refractivity contribution in [2.75, 3.05) is 5.88 Å². The van der Waals surface area contributed by atoms with E-state index in [2.05, 4.69) is 6.92 Å². The van der Waals surface area contributed by atoms with Crippen molar-refractivity contribution in [1.82, 2.24) is 0 Å². The molecule has 0 saturated heterocycles. The second kappa shape index (κ2) is 7.60. The molecule has 1 unspecified atom stereocenters. The fraction of sp³-hybridized carbons (Fsp3) is 0.900. The molecule has 0 spiro atoms. The van der Waals surface area contributed by atoms with E-state index in [-0.39, 0.29) is 5.92 Å². The van der Waals surface area contributed by atoms with Crippen molar-refractivity contribution in [1.29, 1.82) is 0 Å². The minimum absolute atomic E-state index is 0.0493. The van der Waals surface area contributed by atoms with E-state index in [0.29, 0.717) is 18.1 Å². The summed E-state index contributed by atoms with van der Waals surface area (Å²) in [5.41, 5.74) is 0. The van der Waals surface area contributed by atoms with Gasteiger partial charge in [0, 0.05) is 18.2 Å². The van der Waals surface area contributed by atoms with E-state index >= 15 is 0 Å². The molecule has 0 saturated carbocycles. The third kappa shape index (κ3) is 5.59. The van der Waals surface area contributed by atoms with Gasteiger partial charge in [-0.1, -0.05) is 33.1 Å². The van der Waals surface area contributed by atoms with E-state index in [9.17, 15) is 4.79 Å². The summed E-state index contributed by atoms with van der Waals surface area (Å²) < 4.78 is 0. The predicted octanol–water partition coefficient (Wildman–Crippen LogP) is 3.40. The standard InChI is InChI=1S/C10H19ClO/c1-3-4-5-6-7-10(12)9(2)8-11/h9H,3-8H2,1-2H3. The minimum Gasteiger partial charge on any atom is -0.299 e. The summed E-state index contributed by atoms with van der Waals surface area (Å²) in [6.07, 6.45) is 5.39. The van der Waals surface area contributed by atoms with Gasteiger partial charge in [-0.3, -0.25) is 4.79 Å². The molecule has 1 nitrogen and oxygen atoms in total. The van der Waals surface area contributed by atoms with E-state index in [0.717, 1.165) is 6.42 Å². The first-order chi connectivity index (χ1) is 5.72. The quantitative estimate of drug-likeness (QED) is 0.444. The third-order valence-electron chi connectivity index (χ3n) is 2.06. The highest BCUT2D eigenvalue weighted by molar-refractivity contribution is 6.19. The zero-order valence-electron chi connectivity index (χ0n) is 8.11. The number of Topliss-reactive ketones (excluding diaryl/α,β-unsaturated/α-hetero) is 1. The van der Waals surface area contributed by atoms with Crippen LogP contribution in [0.2, 0.25) is 0 Å². The van der Waals surface area contributed by atoms with Crippen molar-refractivity contribution >= 4 is 17.4 Å². The Bertz CT molecular complexity index is 123. The van der Waals surface area contributed by atoms with Gasteiger partial charge in [-0.2, -0.15) is 0 Å². The largest absolute Gasteiger partial charge is 0.299 e. The molecular formula is C10H19ClO. The smallest absolute Gasteiger partial charge is 0.136 e. The van der Waals surface area contributed by atoms with Gasteiger partial charge in [0.05, 0.1) is 0 Å². The molecule has 0 aliphatic rings. The van der Waals surface area contributed by atoms with Crippen LogP contribution in [0.15, 0.2) is 0 Å². The average molecular weight is 191 g/mol. The van der Waals surface area contributed by atoms with E-state index in [1.54, 1.807) is 0 Å². The molecule has 0 heterocycles. The zero-order valence-corrected chi connectivity index (χ0v) is 8.86. The van der Waals surface area contributed by atoms with Gasteiger partial charge in [-0.25, -0.2) is 0 Å². The Hall–Kier alpha value is -0.0400. The number of hydrogen-bond donors (Lipinski definition) is 0. The summed E-state index contributed by atoms with van der Waals surface area (Å²) in [6, 6.07) is 0. The Kier molecular flexibility index (Phi) is 7.58. The van der Waals surface area contributed by atoms with Crippen LogP contribution in [0.5, 0.6) is 0 Å². The molecule has 12 heavy (non-hydrogen) atoms. The van der Waals surface area contributed by atoms with Crippen molar-refractivity contribution in [3.63, 3.8) is 0 Å². The zero-order chi connectivity index (χ0) is 9.40. The maximum absolute atomic E-state index is 11.3. The summed E-state index contributed by atoms with van der Waals surface area (Å²) in [4.78, 5) is 11.3. The fourth-order valence-electron chi connectivity index (χ4n) is 1.06. The van der Waals surface area contributed by atoms with Gasteiger partial charge in [-0.05, 0) is 6.42 Å². The molecule has 0 fully saturated rings. The number of unbranched alkanes of at least 4 members (excludes halogenated alkanes) is 3. The van der Waals surface area contributed by atoms with Crippen LogP contribution < -0.4 is 0 Å². The predicted molar refractivity (Wildman–Crippen MR) is 53.7 cm³/mol. The van der Waals surface area contributed by atoms with Crippen molar-refractivity contribution in [3.8, 4) is 0 Å². The highest BCUT2D eigenvalue weighted by Crippen LogP contribution is 2.08. The maximum Gasteiger partial charge on any atom is 0.136 e. The van der Waals surface area contributed by atoms with Gasteiger partial charge in [-0.15, -0.1) is 11.6 Å². The summed E-state index contributed by atoms with van der Waals surface area (Å²) in [5.74, 6) is 0.835. The van der Waals surface area contributed by atoms with Gasteiger partial charge in [0.25, 0.3) is 0 Å². The summed E-state index contributed by atoms with van der Waals surface area (Å²) in [6.45, 7) is 4.07. The van der Waals surface area contributed by atoms with E-state index in [1.807, 2.05) is 6.92 Å². The molecule has 0 aliphatic carbocycles. The van der Waals surface area contributed by atoms with E-state index in [1.165, 1.54) is 19.3 Å². The summed E-state index contributed by atoms with van der Waals surface area (Å²) in [5, 5.41) is 0. The average Bonchev–Trinajstić information content (AvgIpc) is 2.10. The maximum atomic E-state index is 11.3. The number of halogens is 1. The van der Waals surface area contributed by atoms with E-state index in [4.69, 9.17) is 11.6 Å². The van der Waals surface area contributed by atoms with Crippen molar-refractivity contribution < 1.29 is 4.79 Å². The number of hydrogen-bond acceptors (Lipinski definition) is 1. The van der Waals surface area contributed by atoms with Crippen LogP contribution in [0.1, 0.15) is 46.0 Å². The Morgan fingerprint density at radius 1 is 1.33 bits per heavy atom. The Labute approximate surface area is 80.5 Å². The second-order valence-electron chi connectivity index (χ2n) is 3.33. The normalized spacial score (nSPS) is 12.9. The summed E-state index contributed by atoms with van der Waals surface area (Å²) >= 11 is 5.57. The molecule has 0 radical (unpaired) electrons. The first-order valence-electron chi connectivity index (χ1n) is 4.81. The highest BCUT2D eigenvalue weighted by atomic mass is 35.5. The van der Waals surface area contributed by atoms with Gasteiger partial charge in [0.1, 0.15) is 5.78 Å². The number of carbonyl (C=O) groups is 1. The number of carbonyl (C=O) groups excluding carboxylic acids is 1. The Balaban J connectivity index is 3.31. The van der Waals surface area contributed by atoms with Gasteiger partial charge in [0.15, 0.2) is 0 Å². The minimum atomic E-state index is 0.0493. The Morgan fingerprint density at radius 3 is 2.50 bits per heavy atom. The first-order valence-corrected chi connectivity index (χ1v) is 5.34.